The number of halogens is 1. The monoisotopic (exact) mass is 257 g/mol. The van der Waals surface area contributed by atoms with Crippen LogP contribution in [-0.2, 0) is 0 Å². The summed E-state index contributed by atoms with van der Waals surface area (Å²) in [5.41, 5.74) is 1.03. The van der Waals surface area contributed by atoms with Gasteiger partial charge in [-0.05, 0) is 48.5 Å². The minimum Gasteiger partial charge on any atom is -0.466 e. The number of ether oxygens (including phenoxy) is 1. The second-order valence-electron chi connectivity index (χ2n) is 3.77. The molecule has 0 atom stereocenters. The highest BCUT2D eigenvalue weighted by molar-refractivity contribution is 6.04. The molecule has 0 aliphatic carbocycles. The third kappa shape index (κ3) is 3.42. The number of anilines is 1. The zero-order valence-electron chi connectivity index (χ0n) is 10.1. The SMILES string of the molecule is C=COc1ccc(NC(=O)c2ccc(F)cc2)cc1. The molecule has 0 saturated heterocycles. The minimum absolute atomic E-state index is 0.294. The van der Waals surface area contributed by atoms with E-state index in [4.69, 9.17) is 4.74 Å². The standard InChI is InChI=1S/C15H12FNO2/c1-2-19-14-9-7-13(8-10-14)17-15(18)11-3-5-12(16)6-4-11/h2-10H,1H2,(H,17,18). The molecule has 3 nitrogen and oxygen atoms in total. The van der Waals surface area contributed by atoms with E-state index in [2.05, 4.69) is 11.9 Å². The van der Waals surface area contributed by atoms with Crippen LogP contribution in [0.2, 0.25) is 0 Å². The first kappa shape index (κ1) is 12.8. The average molecular weight is 257 g/mol. The predicted molar refractivity (Wildman–Crippen MR) is 71.6 cm³/mol. The summed E-state index contributed by atoms with van der Waals surface area (Å²) in [5.74, 6) is -0.0327. The first-order chi connectivity index (χ1) is 9.19. The van der Waals surface area contributed by atoms with Gasteiger partial charge >= 0.3 is 0 Å². The molecule has 1 amide bonds. The van der Waals surface area contributed by atoms with E-state index in [9.17, 15) is 9.18 Å². The highest BCUT2D eigenvalue weighted by Crippen LogP contribution is 2.16. The summed E-state index contributed by atoms with van der Waals surface area (Å²) in [6.07, 6.45) is 1.33. The van der Waals surface area contributed by atoms with Gasteiger partial charge in [0, 0.05) is 11.3 Å². The summed E-state index contributed by atoms with van der Waals surface area (Å²) >= 11 is 0. The molecule has 4 heteroatoms. The number of nitrogens with one attached hydrogen (secondary N) is 1. The lowest BCUT2D eigenvalue weighted by molar-refractivity contribution is 0.102. The van der Waals surface area contributed by atoms with E-state index in [0.717, 1.165) is 0 Å². The van der Waals surface area contributed by atoms with Crippen LogP contribution in [0.15, 0.2) is 61.4 Å². The number of amides is 1. The molecule has 1 N–H and O–H groups in total. The quantitative estimate of drug-likeness (QED) is 0.850. The first-order valence-electron chi connectivity index (χ1n) is 5.63. The Balaban J connectivity index is 2.06. The molecule has 2 rings (SSSR count). The van der Waals surface area contributed by atoms with Crippen molar-refractivity contribution in [3.63, 3.8) is 0 Å². The number of rotatable bonds is 4. The normalized spacial score (nSPS) is 9.74. The minimum atomic E-state index is -0.373. The van der Waals surface area contributed by atoms with Gasteiger partial charge in [-0.3, -0.25) is 4.79 Å². The third-order valence-corrected chi connectivity index (χ3v) is 2.44. The Morgan fingerprint density at radius 2 is 1.74 bits per heavy atom. The van der Waals surface area contributed by atoms with Gasteiger partial charge in [-0.25, -0.2) is 4.39 Å². The Morgan fingerprint density at radius 1 is 1.11 bits per heavy atom. The number of carbonyl (C=O) groups excluding carboxylic acids is 1. The van der Waals surface area contributed by atoms with E-state index in [-0.39, 0.29) is 11.7 Å². The molecular formula is C15H12FNO2. The largest absolute Gasteiger partial charge is 0.466 e. The smallest absolute Gasteiger partial charge is 0.255 e. The van der Waals surface area contributed by atoms with Crippen molar-refractivity contribution in [2.75, 3.05) is 5.32 Å². The third-order valence-electron chi connectivity index (χ3n) is 2.44. The van der Waals surface area contributed by atoms with Crippen molar-refractivity contribution in [1.82, 2.24) is 0 Å². The maximum atomic E-state index is 12.7. The van der Waals surface area contributed by atoms with E-state index in [0.29, 0.717) is 17.0 Å². The lowest BCUT2D eigenvalue weighted by Crippen LogP contribution is -2.11. The van der Waals surface area contributed by atoms with Gasteiger partial charge in [0.25, 0.3) is 5.91 Å². The van der Waals surface area contributed by atoms with Crippen LogP contribution in [0.1, 0.15) is 10.4 Å². The van der Waals surface area contributed by atoms with E-state index >= 15 is 0 Å². The van der Waals surface area contributed by atoms with E-state index in [1.54, 1.807) is 24.3 Å². The van der Waals surface area contributed by atoms with Crippen LogP contribution in [0.3, 0.4) is 0 Å². The molecule has 0 spiro atoms. The Labute approximate surface area is 110 Å². The summed E-state index contributed by atoms with van der Waals surface area (Å²) in [6.45, 7) is 3.45. The molecular weight excluding hydrogens is 245 g/mol. The summed E-state index contributed by atoms with van der Waals surface area (Å²) in [5, 5.41) is 2.70. The molecule has 0 aliphatic rings. The van der Waals surface area contributed by atoms with Crippen molar-refractivity contribution < 1.29 is 13.9 Å². The van der Waals surface area contributed by atoms with Crippen molar-refractivity contribution in [3.8, 4) is 5.75 Å². The fourth-order valence-corrected chi connectivity index (χ4v) is 1.52. The second kappa shape index (κ2) is 5.82. The molecule has 0 fully saturated rings. The predicted octanol–water partition coefficient (Wildman–Crippen LogP) is 3.60. The highest BCUT2D eigenvalue weighted by Gasteiger charge is 2.05. The van der Waals surface area contributed by atoms with Crippen LogP contribution in [-0.4, -0.2) is 5.91 Å². The van der Waals surface area contributed by atoms with E-state index < -0.39 is 0 Å². The Hall–Kier alpha value is -2.62. The molecule has 0 radical (unpaired) electrons. The van der Waals surface area contributed by atoms with Crippen LogP contribution in [0.5, 0.6) is 5.75 Å². The second-order valence-corrected chi connectivity index (χ2v) is 3.77. The van der Waals surface area contributed by atoms with Crippen molar-refractivity contribution >= 4 is 11.6 Å². The van der Waals surface area contributed by atoms with Crippen molar-refractivity contribution in [1.29, 1.82) is 0 Å². The summed E-state index contributed by atoms with van der Waals surface area (Å²) in [6, 6.07) is 12.2. The Morgan fingerprint density at radius 3 is 2.32 bits per heavy atom. The molecule has 0 unspecified atom stereocenters. The zero-order chi connectivity index (χ0) is 13.7. The number of benzene rings is 2. The van der Waals surface area contributed by atoms with Gasteiger partial charge in [-0.2, -0.15) is 0 Å². The number of carbonyl (C=O) groups is 1. The molecule has 2 aromatic carbocycles. The van der Waals surface area contributed by atoms with E-state index in [1.165, 1.54) is 30.5 Å². The van der Waals surface area contributed by atoms with Crippen LogP contribution >= 0.6 is 0 Å². The summed E-state index contributed by atoms with van der Waals surface area (Å²) in [7, 11) is 0. The highest BCUT2D eigenvalue weighted by atomic mass is 19.1. The molecule has 19 heavy (non-hydrogen) atoms. The number of hydrogen-bond acceptors (Lipinski definition) is 2. The van der Waals surface area contributed by atoms with Crippen LogP contribution in [0.25, 0.3) is 0 Å². The van der Waals surface area contributed by atoms with Gasteiger partial charge in [-0.15, -0.1) is 0 Å². The molecule has 0 aliphatic heterocycles. The molecule has 0 bridgehead atoms. The fourth-order valence-electron chi connectivity index (χ4n) is 1.52. The van der Waals surface area contributed by atoms with Gasteiger partial charge < -0.3 is 10.1 Å². The van der Waals surface area contributed by atoms with Crippen molar-refractivity contribution in [2.24, 2.45) is 0 Å². The Kier molecular flexibility index (Phi) is 3.93. The van der Waals surface area contributed by atoms with Crippen LogP contribution in [0, 0.1) is 5.82 Å². The fraction of sp³-hybridized carbons (Fsp3) is 0. The maximum absolute atomic E-state index is 12.7. The van der Waals surface area contributed by atoms with Gasteiger partial charge in [0.15, 0.2) is 0 Å². The number of hydrogen-bond donors (Lipinski definition) is 1. The zero-order valence-corrected chi connectivity index (χ0v) is 10.1. The molecule has 0 heterocycles. The van der Waals surface area contributed by atoms with Gasteiger partial charge in [-0.1, -0.05) is 6.58 Å². The lowest BCUT2D eigenvalue weighted by Gasteiger charge is -2.06. The average Bonchev–Trinajstić information content (AvgIpc) is 2.42. The van der Waals surface area contributed by atoms with Crippen molar-refractivity contribution in [2.45, 2.75) is 0 Å². The molecule has 0 aromatic heterocycles. The van der Waals surface area contributed by atoms with Gasteiger partial charge in [0.1, 0.15) is 11.6 Å². The molecule has 96 valence electrons. The van der Waals surface area contributed by atoms with Crippen LogP contribution < -0.4 is 10.1 Å². The Bertz CT molecular complexity index is 576. The molecule has 0 saturated carbocycles. The summed E-state index contributed by atoms with van der Waals surface area (Å²) in [4.78, 5) is 11.9. The van der Waals surface area contributed by atoms with Gasteiger partial charge in [0.05, 0.1) is 6.26 Å². The first-order valence-corrected chi connectivity index (χ1v) is 5.63. The van der Waals surface area contributed by atoms with Gasteiger partial charge in [0.2, 0.25) is 0 Å². The maximum Gasteiger partial charge on any atom is 0.255 e. The lowest BCUT2D eigenvalue weighted by atomic mass is 10.2. The molecule has 2 aromatic rings. The van der Waals surface area contributed by atoms with Crippen LogP contribution in [0.4, 0.5) is 10.1 Å². The topological polar surface area (TPSA) is 38.3 Å². The summed E-state index contributed by atoms with van der Waals surface area (Å²) < 4.78 is 17.8. The van der Waals surface area contributed by atoms with Crippen molar-refractivity contribution in [3.05, 3.63) is 72.8 Å². The van der Waals surface area contributed by atoms with E-state index in [1.807, 2.05) is 0 Å².